The lowest BCUT2D eigenvalue weighted by atomic mass is 10.1. The number of aliphatic hydroxyl groups is 1. The molecule has 0 saturated carbocycles. The monoisotopic (exact) mass is 194 g/mol. The van der Waals surface area contributed by atoms with Crippen molar-refractivity contribution in [2.75, 3.05) is 0 Å². The lowest BCUT2D eigenvalue weighted by Gasteiger charge is -2.07. The lowest BCUT2D eigenvalue weighted by molar-refractivity contribution is 0.163. The molecule has 2 heteroatoms. The average Bonchev–Trinajstić information content (AvgIpc) is 2.57. The van der Waals surface area contributed by atoms with Gasteiger partial charge in [0.15, 0.2) is 0 Å². The normalized spacial score (nSPS) is 12.3. The van der Waals surface area contributed by atoms with Gasteiger partial charge in [0.25, 0.3) is 0 Å². The van der Waals surface area contributed by atoms with Crippen LogP contribution in [0.3, 0.4) is 0 Å². The molecule has 0 aliphatic heterocycles. The molecule has 1 aromatic heterocycles. The molecule has 0 aromatic carbocycles. The molecule has 0 radical (unpaired) electrons. The Morgan fingerprint density at radius 3 is 3.08 bits per heavy atom. The molecule has 1 N–H and O–H groups in total. The molecular formula is C11H14OS. The first-order valence-electron chi connectivity index (χ1n) is 4.47. The van der Waals surface area contributed by atoms with Gasteiger partial charge in [-0.2, -0.15) is 0 Å². The quantitative estimate of drug-likeness (QED) is 0.564. The molecule has 1 nitrogen and oxygen atoms in total. The number of unbranched alkanes of at least 4 members (excludes halogenated alkanes) is 1. The summed E-state index contributed by atoms with van der Waals surface area (Å²) in [6, 6.07) is 4.06. The highest BCUT2D eigenvalue weighted by Crippen LogP contribution is 2.13. The fourth-order valence-corrected chi connectivity index (χ4v) is 1.98. The highest BCUT2D eigenvalue weighted by atomic mass is 32.1. The minimum absolute atomic E-state index is 0.230. The van der Waals surface area contributed by atoms with E-state index in [0.29, 0.717) is 0 Å². The molecule has 1 heterocycles. The SMILES string of the molecule is C#CCCCC(O)Cc1cccs1. The molecule has 0 spiro atoms. The minimum atomic E-state index is -0.230. The third kappa shape index (κ3) is 4.12. The topological polar surface area (TPSA) is 20.2 Å². The Hall–Kier alpha value is -0.780. The maximum absolute atomic E-state index is 9.59. The van der Waals surface area contributed by atoms with Crippen molar-refractivity contribution in [3.8, 4) is 12.3 Å². The lowest BCUT2D eigenvalue weighted by Crippen LogP contribution is -2.08. The van der Waals surface area contributed by atoms with Crippen molar-refractivity contribution >= 4 is 11.3 Å². The fourth-order valence-electron chi connectivity index (χ4n) is 1.20. The van der Waals surface area contributed by atoms with E-state index in [4.69, 9.17) is 6.42 Å². The highest BCUT2D eigenvalue weighted by Gasteiger charge is 2.05. The van der Waals surface area contributed by atoms with Crippen LogP contribution in [0.15, 0.2) is 17.5 Å². The molecule has 0 amide bonds. The Morgan fingerprint density at radius 1 is 1.62 bits per heavy atom. The second-order valence-corrected chi connectivity index (χ2v) is 4.07. The summed E-state index contributed by atoms with van der Waals surface area (Å²) in [5.74, 6) is 2.57. The molecule has 1 unspecified atom stereocenters. The number of hydrogen-bond donors (Lipinski definition) is 1. The summed E-state index contributed by atoms with van der Waals surface area (Å²) in [7, 11) is 0. The van der Waals surface area contributed by atoms with Gasteiger partial charge < -0.3 is 5.11 Å². The Balaban J connectivity index is 2.19. The van der Waals surface area contributed by atoms with Crippen molar-refractivity contribution < 1.29 is 5.11 Å². The van der Waals surface area contributed by atoms with Crippen LogP contribution in [0.25, 0.3) is 0 Å². The maximum Gasteiger partial charge on any atom is 0.0588 e. The molecule has 13 heavy (non-hydrogen) atoms. The second-order valence-electron chi connectivity index (χ2n) is 3.03. The minimum Gasteiger partial charge on any atom is -0.393 e. The largest absolute Gasteiger partial charge is 0.393 e. The standard InChI is InChI=1S/C11H14OS/c1-2-3-4-6-10(12)9-11-7-5-8-13-11/h1,5,7-8,10,12H,3-4,6,9H2. The first-order chi connectivity index (χ1) is 6.33. The maximum atomic E-state index is 9.59. The van der Waals surface area contributed by atoms with Crippen LogP contribution in [-0.2, 0) is 6.42 Å². The molecule has 0 aliphatic rings. The van der Waals surface area contributed by atoms with Crippen LogP contribution >= 0.6 is 11.3 Å². The smallest absolute Gasteiger partial charge is 0.0588 e. The highest BCUT2D eigenvalue weighted by molar-refractivity contribution is 7.09. The zero-order valence-corrected chi connectivity index (χ0v) is 8.39. The molecule has 0 bridgehead atoms. The van der Waals surface area contributed by atoms with Crippen LogP contribution in [0.4, 0.5) is 0 Å². The second kappa shape index (κ2) is 5.80. The number of thiophene rings is 1. The average molecular weight is 194 g/mol. The summed E-state index contributed by atoms with van der Waals surface area (Å²) >= 11 is 1.69. The van der Waals surface area contributed by atoms with Gasteiger partial charge in [-0.05, 0) is 24.3 Å². The molecule has 70 valence electrons. The van der Waals surface area contributed by atoms with E-state index in [1.165, 1.54) is 4.88 Å². The van der Waals surface area contributed by atoms with Crippen molar-refractivity contribution in [1.29, 1.82) is 0 Å². The van der Waals surface area contributed by atoms with Crippen molar-refractivity contribution in [2.45, 2.75) is 31.8 Å². The Morgan fingerprint density at radius 2 is 2.46 bits per heavy atom. The third-order valence-corrected chi connectivity index (χ3v) is 2.77. The van der Waals surface area contributed by atoms with Crippen LogP contribution in [0, 0.1) is 12.3 Å². The molecule has 1 atom stereocenters. The predicted molar refractivity (Wildman–Crippen MR) is 56.7 cm³/mol. The van der Waals surface area contributed by atoms with E-state index in [-0.39, 0.29) is 6.10 Å². The summed E-state index contributed by atoms with van der Waals surface area (Å²) in [4.78, 5) is 1.24. The molecule has 1 aromatic rings. The van der Waals surface area contributed by atoms with E-state index < -0.39 is 0 Å². The summed E-state index contributed by atoms with van der Waals surface area (Å²) in [6.45, 7) is 0. The van der Waals surface area contributed by atoms with Crippen LogP contribution < -0.4 is 0 Å². The van der Waals surface area contributed by atoms with Gasteiger partial charge in [0.2, 0.25) is 0 Å². The molecule has 0 aliphatic carbocycles. The molecule has 1 rings (SSSR count). The first-order valence-corrected chi connectivity index (χ1v) is 5.35. The molecule has 0 saturated heterocycles. The summed E-state index contributed by atoms with van der Waals surface area (Å²) in [6.07, 6.45) is 8.15. The van der Waals surface area contributed by atoms with Gasteiger partial charge in [-0.25, -0.2) is 0 Å². The summed E-state index contributed by atoms with van der Waals surface area (Å²) in [5.41, 5.74) is 0. The zero-order chi connectivity index (χ0) is 9.52. The molecular weight excluding hydrogens is 180 g/mol. The third-order valence-electron chi connectivity index (χ3n) is 1.88. The van der Waals surface area contributed by atoms with Gasteiger partial charge in [-0.15, -0.1) is 23.7 Å². The van der Waals surface area contributed by atoms with Gasteiger partial charge in [0.05, 0.1) is 6.10 Å². The van der Waals surface area contributed by atoms with Crippen molar-refractivity contribution in [3.63, 3.8) is 0 Å². The van der Waals surface area contributed by atoms with Crippen molar-refractivity contribution in [3.05, 3.63) is 22.4 Å². The number of aliphatic hydroxyl groups excluding tert-OH is 1. The summed E-state index contributed by atoms with van der Waals surface area (Å²) < 4.78 is 0. The predicted octanol–water partition coefficient (Wildman–Crippen LogP) is 2.46. The van der Waals surface area contributed by atoms with Crippen LogP contribution in [-0.4, -0.2) is 11.2 Å². The van der Waals surface area contributed by atoms with Gasteiger partial charge >= 0.3 is 0 Å². The Kier molecular flexibility index (Phi) is 4.59. The van der Waals surface area contributed by atoms with Crippen LogP contribution in [0.2, 0.25) is 0 Å². The number of terminal acetylenes is 1. The van der Waals surface area contributed by atoms with E-state index in [0.717, 1.165) is 25.7 Å². The first kappa shape index (κ1) is 10.3. The number of hydrogen-bond acceptors (Lipinski definition) is 2. The van der Waals surface area contributed by atoms with Gasteiger partial charge in [-0.1, -0.05) is 6.07 Å². The van der Waals surface area contributed by atoms with Crippen molar-refractivity contribution in [1.82, 2.24) is 0 Å². The van der Waals surface area contributed by atoms with Crippen LogP contribution in [0.1, 0.15) is 24.1 Å². The van der Waals surface area contributed by atoms with E-state index in [9.17, 15) is 5.11 Å². The van der Waals surface area contributed by atoms with E-state index in [1.807, 2.05) is 11.4 Å². The van der Waals surface area contributed by atoms with E-state index in [1.54, 1.807) is 11.3 Å². The fraction of sp³-hybridized carbons (Fsp3) is 0.455. The van der Waals surface area contributed by atoms with Gasteiger partial charge in [0.1, 0.15) is 0 Å². The zero-order valence-electron chi connectivity index (χ0n) is 7.57. The molecule has 0 fully saturated rings. The van der Waals surface area contributed by atoms with Crippen molar-refractivity contribution in [2.24, 2.45) is 0 Å². The number of rotatable bonds is 5. The Bertz CT molecular complexity index is 258. The summed E-state index contributed by atoms with van der Waals surface area (Å²) in [5, 5.41) is 11.6. The van der Waals surface area contributed by atoms with Gasteiger partial charge in [0, 0.05) is 17.7 Å². The van der Waals surface area contributed by atoms with Crippen LogP contribution in [0.5, 0.6) is 0 Å². The van der Waals surface area contributed by atoms with E-state index >= 15 is 0 Å². The Labute approximate surface area is 83.4 Å². The van der Waals surface area contributed by atoms with Gasteiger partial charge in [-0.3, -0.25) is 0 Å². The van der Waals surface area contributed by atoms with E-state index in [2.05, 4.69) is 12.0 Å².